The number of hydrogen-bond acceptors (Lipinski definition) is 1. The van der Waals surface area contributed by atoms with Gasteiger partial charge in [-0.05, 0) is 44.9 Å². The molecule has 1 heteroatoms. The number of aliphatic hydroxyl groups excluding tert-OH is 1. The largest absolute Gasteiger partial charge is 0.396 e. The topological polar surface area (TPSA) is 20.2 Å². The van der Waals surface area contributed by atoms with E-state index in [1.165, 1.54) is 38.5 Å². The van der Waals surface area contributed by atoms with Gasteiger partial charge < -0.3 is 5.11 Å². The van der Waals surface area contributed by atoms with E-state index in [4.69, 9.17) is 5.11 Å². The maximum absolute atomic E-state index is 8.57. The SMILES string of the molecule is CCCC=CCCCCC=CCCCO. The molecule has 0 aromatic heterocycles. The first-order chi connectivity index (χ1) is 7.41. The fourth-order valence-corrected chi connectivity index (χ4v) is 1.37. The molecule has 0 aliphatic heterocycles. The molecular weight excluding hydrogens is 184 g/mol. The molecule has 0 saturated heterocycles. The molecule has 15 heavy (non-hydrogen) atoms. The monoisotopic (exact) mass is 210 g/mol. The third-order valence-electron chi connectivity index (χ3n) is 2.31. The van der Waals surface area contributed by atoms with E-state index in [1.54, 1.807) is 0 Å². The Bertz CT molecular complexity index is 159. The predicted octanol–water partition coefficient (Wildman–Crippen LogP) is 4.23. The minimum atomic E-state index is 0.312. The van der Waals surface area contributed by atoms with Crippen LogP contribution in [0.3, 0.4) is 0 Å². The Morgan fingerprint density at radius 2 is 1.20 bits per heavy atom. The summed E-state index contributed by atoms with van der Waals surface area (Å²) in [5.74, 6) is 0. The molecule has 0 spiro atoms. The number of allylic oxidation sites excluding steroid dienone is 4. The summed E-state index contributed by atoms with van der Waals surface area (Å²) in [7, 11) is 0. The van der Waals surface area contributed by atoms with Crippen LogP contribution < -0.4 is 0 Å². The summed E-state index contributed by atoms with van der Waals surface area (Å²) in [5.41, 5.74) is 0. The van der Waals surface area contributed by atoms with Crippen molar-refractivity contribution in [3.05, 3.63) is 24.3 Å². The molecule has 0 aliphatic rings. The number of hydrogen-bond donors (Lipinski definition) is 1. The van der Waals surface area contributed by atoms with Gasteiger partial charge in [0.1, 0.15) is 0 Å². The zero-order chi connectivity index (χ0) is 11.2. The van der Waals surface area contributed by atoms with E-state index < -0.39 is 0 Å². The molecule has 0 aromatic rings. The van der Waals surface area contributed by atoms with E-state index in [-0.39, 0.29) is 0 Å². The Kier molecular flexibility index (Phi) is 12.9. The van der Waals surface area contributed by atoms with E-state index in [1.807, 2.05) is 0 Å². The van der Waals surface area contributed by atoms with Crippen molar-refractivity contribution in [3.8, 4) is 0 Å². The highest BCUT2D eigenvalue weighted by Gasteiger charge is 1.84. The molecule has 0 heterocycles. The first-order valence-electron chi connectivity index (χ1n) is 6.32. The quantitative estimate of drug-likeness (QED) is 0.422. The smallest absolute Gasteiger partial charge is 0.0433 e. The van der Waals surface area contributed by atoms with Gasteiger partial charge in [0.05, 0.1) is 0 Å². The van der Waals surface area contributed by atoms with E-state index in [0.717, 1.165) is 12.8 Å². The molecule has 0 unspecified atom stereocenters. The highest BCUT2D eigenvalue weighted by molar-refractivity contribution is 4.83. The average Bonchev–Trinajstić information content (AvgIpc) is 2.26. The van der Waals surface area contributed by atoms with Crippen LogP contribution in [0.1, 0.15) is 58.3 Å². The van der Waals surface area contributed by atoms with Crippen molar-refractivity contribution in [1.82, 2.24) is 0 Å². The second-order valence-corrected chi connectivity index (χ2v) is 3.88. The van der Waals surface area contributed by atoms with Gasteiger partial charge in [0.2, 0.25) is 0 Å². The van der Waals surface area contributed by atoms with Gasteiger partial charge in [-0.1, -0.05) is 37.6 Å². The number of aliphatic hydroxyl groups is 1. The Morgan fingerprint density at radius 3 is 1.67 bits per heavy atom. The molecule has 0 radical (unpaired) electrons. The predicted molar refractivity (Wildman–Crippen MR) is 68.0 cm³/mol. The molecule has 1 nitrogen and oxygen atoms in total. The summed E-state index contributed by atoms with van der Waals surface area (Å²) >= 11 is 0. The molecule has 0 aliphatic carbocycles. The third-order valence-corrected chi connectivity index (χ3v) is 2.31. The van der Waals surface area contributed by atoms with Crippen LogP contribution in [0.25, 0.3) is 0 Å². The Hall–Kier alpha value is -0.560. The van der Waals surface area contributed by atoms with Crippen LogP contribution in [0, 0.1) is 0 Å². The molecule has 0 saturated carbocycles. The van der Waals surface area contributed by atoms with Crippen molar-refractivity contribution in [2.24, 2.45) is 0 Å². The van der Waals surface area contributed by atoms with Crippen molar-refractivity contribution in [2.75, 3.05) is 6.61 Å². The van der Waals surface area contributed by atoms with Gasteiger partial charge in [-0.3, -0.25) is 0 Å². The lowest BCUT2D eigenvalue weighted by molar-refractivity contribution is 0.289. The van der Waals surface area contributed by atoms with Crippen LogP contribution >= 0.6 is 0 Å². The maximum Gasteiger partial charge on any atom is 0.0433 e. The molecule has 1 N–H and O–H groups in total. The van der Waals surface area contributed by atoms with Gasteiger partial charge in [0.15, 0.2) is 0 Å². The fraction of sp³-hybridized carbons (Fsp3) is 0.714. The second kappa shape index (κ2) is 13.4. The van der Waals surface area contributed by atoms with Gasteiger partial charge >= 0.3 is 0 Å². The highest BCUT2D eigenvalue weighted by Crippen LogP contribution is 2.03. The van der Waals surface area contributed by atoms with Crippen LogP contribution in [0.4, 0.5) is 0 Å². The molecule has 0 aromatic carbocycles. The van der Waals surface area contributed by atoms with Crippen LogP contribution in [-0.4, -0.2) is 11.7 Å². The lowest BCUT2D eigenvalue weighted by Crippen LogP contribution is -1.78. The number of unbranched alkanes of at least 4 members (excludes halogenated alkanes) is 5. The van der Waals surface area contributed by atoms with Crippen molar-refractivity contribution in [1.29, 1.82) is 0 Å². The third kappa shape index (κ3) is 13.4. The van der Waals surface area contributed by atoms with Crippen LogP contribution in [-0.2, 0) is 0 Å². The Balaban J connectivity index is 3.07. The van der Waals surface area contributed by atoms with Gasteiger partial charge in [-0.25, -0.2) is 0 Å². The van der Waals surface area contributed by atoms with Gasteiger partial charge in [-0.2, -0.15) is 0 Å². The van der Waals surface area contributed by atoms with E-state index in [9.17, 15) is 0 Å². The van der Waals surface area contributed by atoms with Gasteiger partial charge in [-0.15, -0.1) is 0 Å². The second-order valence-electron chi connectivity index (χ2n) is 3.88. The first kappa shape index (κ1) is 14.4. The zero-order valence-corrected chi connectivity index (χ0v) is 10.1. The Morgan fingerprint density at radius 1 is 0.733 bits per heavy atom. The van der Waals surface area contributed by atoms with Crippen LogP contribution in [0.15, 0.2) is 24.3 Å². The van der Waals surface area contributed by atoms with Crippen molar-refractivity contribution < 1.29 is 5.11 Å². The Labute approximate surface area is 94.9 Å². The molecular formula is C14H26O. The minimum absolute atomic E-state index is 0.312. The summed E-state index contributed by atoms with van der Waals surface area (Å²) in [5, 5.41) is 8.57. The lowest BCUT2D eigenvalue weighted by Gasteiger charge is -1.93. The first-order valence-corrected chi connectivity index (χ1v) is 6.32. The maximum atomic E-state index is 8.57. The molecule has 0 atom stereocenters. The average molecular weight is 210 g/mol. The lowest BCUT2D eigenvalue weighted by atomic mass is 10.1. The molecule has 0 fully saturated rings. The minimum Gasteiger partial charge on any atom is -0.396 e. The van der Waals surface area contributed by atoms with Gasteiger partial charge in [0, 0.05) is 6.61 Å². The normalized spacial score (nSPS) is 11.9. The van der Waals surface area contributed by atoms with Crippen LogP contribution in [0.5, 0.6) is 0 Å². The number of rotatable bonds is 10. The zero-order valence-electron chi connectivity index (χ0n) is 10.1. The highest BCUT2D eigenvalue weighted by atomic mass is 16.2. The van der Waals surface area contributed by atoms with E-state index in [0.29, 0.717) is 6.61 Å². The fourth-order valence-electron chi connectivity index (χ4n) is 1.37. The molecule has 0 amide bonds. The summed E-state index contributed by atoms with van der Waals surface area (Å²) in [6.45, 7) is 2.52. The van der Waals surface area contributed by atoms with Gasteiger partial charge in [0.25, 0.3) is 0 Å². The van der Waals surface area contributed by atoms with E-state index >= 15 is 0 Å². The molecule has 0 rings (SSSR count). The van der Waals surface area contributed by atoms with Crippen LogP contribution in [0.2, 0.25) is 0 Å². The van der Waals surface area contributed by atoms with Crippen molar-refractivity contribution >= 4 is 0 Å². The summed E-state index contributed by atoms with van der Waals surface area (Å²) in [6.07, 6.45) is 18.4. The summed E-state index contributed by atoms with van der Waals surface area (Å²) in [4.78, 5) is 0. The summed E-state index contributed by atoms with van der Waals surface area (Å²) < 4.78 is 0. The van der Waals surface area contributed by atoms with Crippen molar-refractivity contribution in [2.45, 2.75) is 58.3 Å². The molecule has 0 bridgehead atoms. The van der Waals surface area contributed by atoms with Crippen molar-refractivity contribution in [3.63, 3.8) is 0 Å². The summed E-state index contributed by atoms with van der Waals surface area (Å²) in [6, 6.07) is 0. The van der Waals surface area contributed by atoms with E-state index in [2.05, 4.69) is 31.2 Å². The molecule has 88 valence electrons. The standard InChI is InChI=1S/C14H26O/c1-2-3-4-5-6-7-8-9-10-11-12-13-14-15/h4-5,10-11,15H,2-3,6-9,12-14H2,1H3.